The Hall–Kier alpha value is -2.20. The van der Waals surface area contributed by atoms with Crippen molar-refractivity contribution in [3.05, 3.63) is 53.6 Å². The van der Waals surface area contributed by atoms with Gasteiger partial charge < -0.3 is 29.7 Å². The Balaban J connectivity index is 0.00000320. The summed E-state index contributed by atoms with van der Waals surface area (Å²) in [5.41, 5.74) is 3.57. The lowest BCUT2D eigenvalue weighted by Crippen LogP contribution is -2.38. The number of hydrogen-bond donors (Lipinski definition) is 2. The highest BCUT2D eigenvalue weighted by Crippen LogP contribution is 2.27. The minimum atomic E-state index is 0. The monoisotopic (exact) mass is 526 g/mol. The Labute approximate surface area is 195 Å². The van der Waals surface area contributed by atoms with E-state index >= 15 is 0 Å². The van der Waals surface area contributed by atoms with E-state index in [4.69, 9.17) is 14.2 Å². The molecule has 0 unspecified atom stereocenters. The first-order valence-electron chi connectivity index (χ1n) is 9.81. The molecule has 0 spiro atoms. The second kappa shape index (κ2) is 12.5. The second-order valence-corrected chi connectivity index (χ2v) is 6.70. The van der Waals surface area contributed by atoms with Gasteiger partial charge in [-0.05, 0) is 29.3 Å². The molecule has 8 heteroatoms. The number of methoxy groups -OCH3 is 2. The van der Waals surface area contributed by atoms with Crippen LogP contribution in [0.1, 0.15) is 11.1 Å². The minimum Gasteiger partial charge on any atom is -0.493 e. The van der Waals surface area contributed by atoms with Gasteiger partial charge in [0, 0.05) is 38.9 Å². The molecule has 2 aromatic rings. The van der Waals surface area contributed by atoms with Gasteiger partial charge in [0.1, 0.15) is 0 Å². The first-order valence-corrected chi connectivity index (χ1v) is 9.81. The number of hydrogen-bond acceptors (Lipinski definition) is 5. The lowest BCUT2D eigenvalue weighted by Gasteiger charge is -2.30. The lowest BCUT2D eigenvalue weighted by atomic mass is 10.1. The summed E-state index contributed by atoms with van der Waals surface area (Å²) in [6.07, 6.45) is 0. The number of rotatable bonds is 7. The van der Waals surface area contributed by atoms with E-state index in [2.05, 4.69) is 44.8 Å². The number of halogens is 1. The SMILES string of the molecule is CN=C(NCc1ccc(OC)c(OC)c1)NCc1ccccc1N1CCOCC1.I. The van der Waals surface area contributed by atoms with Gasteiger partial charge in [-0.15, -0.1) is 24.0 Å². The Morgan fingerprint density at radius 1 is 1.00 bits per heavy atom. The number of para-hydroxylation sites is 1. The van der Waals surface area contributed by atoms with Crippen molar-refractivity contribution < 1.29 is 14.2 Å². The zero-order valence-electron chi connectivity index (χ0n) is 17.8. The second-order valence-electron chi connectivity index (χ2n) is 6.70. The summed E-state index contributed by atoms with van der Waals surface area (Å²) < 4.78 is 16.1. The summed E-state index contributed by atoms with van der Waals surface area (Å²) in [6.45, 7) is 4.71. The van der Waals surface area contributed by atoms with Crippen LogP contribution in [0.15, 0.2) is 47.5 Å². The van der Waals surface area contributed by atoms with Crippen LogP contribution in [0.2, 0.25) is 0 Å². The summed E-state index contributed by atoms with van der Waals surface area (Å²) in [5.74, 6) is 2.18. The maximum absolute atomic E-state index is 5.48. The molecule has 164 valence electrons. The molecule has 1 saturated heterocycles. The van der Waals surface area contributed by atoms with Crippen LogP contribution in [0.25, 0.3) is 0 Å². The fourth-order valence-electron chi connectivity index (χ4n) is 3.35. The molecule has 30 heavy (non-hydrogen) atoms. The largest absolute Gasteiger partial charge is 0.493 e. The zero-order valence-corrected chi connectivity index (χ0v) is 20.1. The molecule has 0 amide bonds. The molecule has 0 bridgehead atoms. The van der Waals surface area contributed by atoms with Crippen LogP contribution in [0, 0.1) is 0 Å². The Morgan fingerprint density at radius 2 is 1.70 bits per heavy atom. The van der Waals surface area contributed by atoms with Crippen LogP contribution in [0.5, 0.6) is 11.5 Å². The first kappa shape index (κ1) is 24.1. The fourth-order valence-corrected chi connectivity index (χ4v) is 3.35. The van der Waals surface area contributed by atoms with Gasteiger partial charge in [0.05, 0.1) is 27.4 Å². The average Bonchev–Trinajstić information content (AvgIpc) is 2.79. The first-order chi connectivity index (χ1) is 14.2. The molecule has 1 heterocycles. The maximum Gasteiger partial charge on any atom is 0.191 e. The van der Waals surface area contributed by atoms with Crippen molar-refractivity contribution in [1.29, 1.82) is 0 Å². The van der Waals surface area contributed by atoms with E-state index in [-0.39, 0.29) is 24.0 Å². The minimum absolute atomic E-state index is 0. The molecule has 0 aromatic heterocycles. The summed E-state index contributed by atoms with van der Waals surface area (Å²) in [5, 5.41) is 6.76. The molecule has 1 fully saturated rings. The van der Waals surface area contributed by atoms with Gasteiger partial charge in [-0.2, -0.15) is 0 Å². The van der Waals surface area contributed by atoms with Gasteiger partial charge in [-0.3, -0.25) is 4.99 Å². The van der Waals surface area contributed by atoms with Gasteiger partial charge in [0.15, 0.2) is 17.5 Å². The van der Waals surface area contributed by atoms with E-state index in [9.17, 15) is 0 Å². The molecule has 1 aliphatic rings. The highest BCUT2D eigenvalue weighted by atomic mass is 127. The topological polar surface area (TPSA) is 67.4 Å². The highest BCUT2D eigenvalue weighted by molar-refractivity contribution is 14.0. The third-order valence-electron chi connectivity index (χ3n) is 4.92. The van der Waals surface area contributed by atoms with E-state index in [1.54, 1.807) is 21.3 Å². The number of guanidine groups is 1. The van der Waals surface area contributed by atoms with Crippen molar-refractivity contribution in [2.24, 2.45) is 4.99 Å². The predicted octanol–water partition coefficient (Wildman–Crippen LogP) is 3.02. The fraction of sp³-hybridized carbons (Fsp3) is 0.409. The number of anilines is 1. The number of nitrogens with zero attached hydrogens (tertiary/aromatic N) is 2. The molecule has 3 rings (SSSR count). The zero-order chi connectivity index (χ0) is 20.5. The van der Waals surface area contributed by atoms with Gasteiger partial charge in [-0.1, -0.05) is 24.3 Å². The molecular formula is C22H31IN4O3. The molecule has 2 aromatic carbocycles. The average molecular weight is 526 g/mol. The van der Waals surface area contributed by atoms with Crippen molar-refractivity contribution in [3.8, 4) is 11.5 Å². The van der Waals surface area contributed by atoms with Crippen LogP contribution in [0.4, 0.5) is 5.69 Å². The van der Waals surface area contributed by atoms with Crippen LogP contribution < -0.4 is 25.0 Å². The van der Waals surface area contributed by atoms with Crippen LogP contribution in [0.3, 0.4) is 0 Å². The van der Waals surface area contributed by atoms with Gasteiger partial charge >= 0.3 is 0 Å². The summed E-state index contributed by atoms with van der Waals surface area (Å²) in [7, 11) is 5.05. The van der Waals surface area contributed by atoms with E-state index in [0.717, 1.165) is 43.6 Å². The highest BCUT2D eigenvalue weighted by Gasteiger charge is 2.14. The normalized spacial score (nSPS) is 14.0. The van der Waals surface area contributed by atoms with Gasteiger partial charge in [0.25, 0.3) is 0 Å². The third kappa shape index (κ3) is 6.40. The number of benzene rings is 2. The van der Waals surface area contributed by atoms with Crippen molar-refractivity contribution in [3.63, 3.8) is 0 Å². The molecule has 0 atom stereocenters. The van der Waals surface area contributed by atoms with E-state index < -0.39 is 0 Å². The standard InChI is InChI=1S/C22H30N4O3.HI/c1-23-22(24-15-17-8-9-20(27-2)21(14-17)28-3)25-16-18-6-4-5-7-19(18)26-10-12-29-13-11-26;/h4-9,14H,10-13,15-16H2,1-3H3,(H2,23,24,25);1H. The predicted molar refractivity (Wildman–Crippen MR) is 131 cm³/mol. The van der Waals surface area contributed by atoms with Crippen molar-refractivity contribution in [2.75, 3.05) is 52.5 Å². The third-order valence-corrected chi connectivity index (χ3v) is 4.92. The van der Waals surface area contributed by atoms with E-state index in [0.29, 0.717) is 18.8 Å². The number of nitrogens with one attached hydrogen (secondary N) is 2. The Bertz CT molecular complexity index is 826. The molecule has 0 radical (unpaired) electrons. The van der Waals surface area contributed by atoms with Crippen molar-refractivity contribution in [1.82, 2.24) is 10.6 Å². The molecule has 2 N–H and O–H groups in total. The quantitative estimate of drug-likeness (QED) is 0.329. The lowest BCUT2D eigenvalue weighted by molar-refractivity contribution is 0.122. The maximum atomic E-state index is 5.48. The number of aliphatic imine (C=N–C) groups is 1. The molecule has 7 nitrogen and oxygen atoms in total. The summed E-state index contributed by atoms with van der Waals surface area (Å²) >= 11 is 0. The number of ether oxygens (including phenoxy) is 3. The smallest absolute Gasteiger partial charge is 0.191 e. The number of morpholine rings is 1. The van der Waals surface area contributed by atoms with E-state index in [1.165, 1.54) is 11.3 Å². The summed E-state index contributed by atoms with van der Waals surface area (Å²) in [4.78, 5) is 6.72. The Morgan fingerprint density at radius 3 is 2.40 bits per heavy atom. The van der Waals surface area contributed by atoms with Gasteiger partial charge in [0.2, 0.25) is 0 Å². The van der Waals surface area contributed by atoms with Crippen molar-refractivity contribution >= 4 is 35.6 Å². The molecule has 0 aliphatic carbocycles. The van der Waals surface area contributed by atoms with Crippen LogP contribution in [-0.4, -0.2) is 53.5 Å². The molecule has 1 aliphatic heterocycles. The molecular weight excluding hydrogens is 495 g/mol. The Kier molecular flexibility index (Phi) is 10.0. The van der Waals surface area contributed by atoms with E-state index in [1.807, 2.05) is 18.2 Å². The van der Waals surface area contributed by atoms with Gasteiger partial charge in [-0.25, -0.2) is 0 Å². The molecule has 0 saturated carbocycles. The van der Waals surface area contributed by atoms with Crippen molar-refractivity contribution in [2.45, 2.75) is 13.1 Å². The van der Waals surface area contributed by atoms with Crippen LogP contribution >= 0.6 is 24.0 Å². The summed E-state index contributed by atoms with van der Waals surface area (Å²) in [6, 6.07) is 14.4. The van der Waals surface area contributed by atoms with Crippen LogP contribution in [-0.2, 0) is 17.8 Å².